The molecule has 0 bridgehead atoms. The van der Waals surface area contributed by atoms with Crippen molar-refractivity contribution in [2.75, 3.05) is 18.0 Å². The highest BCUT2D eigenvalue weighted by Crippen LogP contribution is 2.29. The van der Waals surface area contributed by atoms with Gasteiger partial charge in [-0.3, -0.25) is 0 Å². The van der Waals surface area contributed by atoms with Gasteiger partial charge in [-0.15, -0.1) is 0 Å². The molecule has 1 aromatic carbocycles. The average Bonchev–Trinajstić information content (AvgIpc) is 3.18. The molecule has 9 nitrogen and oxygen atoms in total. The zero-order valence-corrected chi connectivity index (χ0v) is 21.5. The first-order valence-electron chi connectivity index (χ1n) is 12.1. The lowest BCUT2D eigenvalue weighted by Crippen LogP contribution is -2.44. The van der Waals surface area contributed by atoms with E-state index in [1.165, 1.54) is 6.07 Å². The third kappa shape index (κ3) is 5.42. The number of hydrogen-bond acceptors (Lipinski definition) is 7. The highest BCUT2D eigenvalue weighted by atomic mass is 19.3. The molecule has 4 aromatic rings. The second-order valence-corrected chi connectivity index (χ2v) is 9.28. The molecule has 0 spiro atoms. The number of alkyl halides is 2. The number of aryl methyl sites for hydroxylation is 2. The van der Waals surface area contributed by atoms with Gasteiger partial charge >= 0.3 is 6.61 Å². The van der Waals surface area contributed by atoms with E-state index in [9.17, 15) is 18.7 Å². The average molecular weight is 525 g/mol. The van der Waals surface area contributed by atoms with Gasteiger partial charge in [0, 0.05) is 72.4 Å². The maximum atomic E-state index is 12.9. The number of anilines is 1. The predicted octanol–water partition coefficient (Wildman–Crippen LogP) is 3.94. The van der Waals surface area contributed by atoms with Crippen molar-refractivity contribution in [3.05, 3.63) is 71.4 Å². The van der Waals surface area contributed by atoms with Gasteiger partial charge in [-0.1, -0.05) is 18.2 Å². The lowest BCUT2D eigenvalue weighted by molar-refractivity contribution is -0.311. The minimum atomic E-state index is -2.90. The van der Waals surface area contributed by atoms with Crippen molar-refractivity contribution in [3.63, 3.8) is 0 Å². The van der Waals surface area contributed by atoms with E-state index >= 15 is 0 Å². The summed E-state index contributed by atoms with van der Waals surface area (Å²) in [7, 11) is 0. The van der Waals surface area contributed by atoms with Gasteiger partial charge < -0.3 is 30.1 Å². The van der Waals surface area contributed by atoms with Gasteiger partial charge in [0.15, 0.2) is 0 Å². The molecule has 0 saturated carbocycles. The first-order chi connectivity index (χ1) is 17.8. The molecule has 38 heavy (non-hydrogen) atoms. The molecule has 0 radical (unpaired) electrons. The molecule has 4 heterocycles. The Morgan fingerprint density at radius 3 is 2.66 bits per heavy atom. The normalized spacial score (nSPS) is 15.5. The van der Waals surface area contributed by atoms with Crippen LogP contribution in [0.15, 0.2) is 48.9 Å². The van der Waals surface area contributed by atoms with Gasteiger partial charge in [0.05, 0.1) is 5.69 Å². The molecule has 5 rings (SSSR count). The fraction of sp³-hybridized carbons (Fsp3) is 0.333. The van der Waals surface area contributed by atoms with Crippen LogP contribution < -0.4 is 20.9 Å². The standard InChI is InChI=1S/C27H27F2N5O3.H3N/c1-16-10-24-32-17(2)22(11-18-6-3-4-8-23(18)37-26(28)29)34(24)15-21(16)20-12-30-27(31-13-20)33-9-5-7-19(14-33)25(35)36;/h3-4,6,8,10,12-13,15,19,26H,5,7,9,11,14H2,1-2H3,(H,35,36);1H3/t19-;/m1./s1. The number of fused-ring (bicyclic) bond motifs is 1. The zero-order chi connectivity index (χ0) is 26.1. The Morgan fingerprint density at radius 1 is 1.21 bits per heavy atom. The number of benzene rings is 1. The van der Waals surface area contributed by atoms with Crippen LogP contribution in [0.1, 0.15) is 35.4 Å². The van der Waals surface area contributed by atoms with E-state index in [1.54, 1.807) is 30.6 Å². The van der Waals surface area contributed by atoms with Gasteiger partial charge in [-0.25, -0.2) is 15.0 Å². The van der Waals surface area contributed by atoms with Crippen molar-refractivity contribution >= 4 is 17.6 Å². The summed E-state index contributed by atoms with van der Waals surface area (Å²) in [6, 6.07) is 8.72. The van der Waals surface area contributed by atoms with Gasteiger partial charge in [-0.05, 0) is 44.4 Å². The van der Waals surface area contributed by atoms with Crippen molar-refractivity contribution in [2.24, 2.45) is 5.92 Å². The summed E-state index contributed by atoms with van der Waals surface area (Å²) in [5, 5.41) is 11.3. The number of carbonyl (C=O) groups excluding carboxylic acids is 1. The van der Waals surface area contributed by atoms with Crippen LogP contribution in [0.2, 0.25) is 0 Å². The Hall–Kier alpha value is -4.12. The number of para-hydroxylation sites is 1. The molecule has 11 heteroatoms. The fourth-order valence-corrected chi connectivity index (χ4v) is 4.88. The molecule has 0 unspecified atom stereocenters. The van der Waals surface area contributed by atoms with E-state index in [0.29, 0.717) is 37.4 Å². The minimum absolute atomic E-state index is 0. The summed E-state index contributed by atoms with van der Waals surface area (Å²) < 4.78 is 32.5. The summed E-state index contributed by atoms with van der Waals surface area (Å²) in [6.07, 6.45) is 7.13. The number of carboxylic acid groups (broad SMARTS) is 1. The molecular formula is C27H30F2N6O3. The van der Waals surface area contributed by atoms with Crippen LogP contribution in [0.4, 0.5) is 14.7 Å². The van der Waals surface area contributed by atoms with E-state index in [1.807, 2.05) is 35.4 Å². The summed E-state index contributed by atoms with van der Waals surface area (Å²) in [5.74, 6) is -0.939. The molecule has 1 aliphatic rings. The number of ether oxygens (including phenoxy) is 1. The maximum Gasteiger partial charge on any atom is 0.387 e. The van der Waals surface area contributed by atoms with Crippen LogP contribution in [0.3, 0.4) is 0 Å². The molecule has 200 valence electrons. The molecule has 1 aliphatic heterocycles. The van der Waals surface area contributed by atoms with Gasteiger partial charge in [0.25, 0.3) is 0 Å². The number of aliphatic carboxylic acids is 1. The molecule has 0 amide bonds. The Morgan fingerprint density at radius 2 is 1.95 bits per heavy atom. The summed E-state index contributed by atoms with van der Waals surface area (Å²) >= 11 is 0. The van der Waals surface area contributed by atoms with Crippen molar-refractivity contribution in [3.8, 4) is 16.9 Å². The second-order valence-electron chi connectivity index (χ2n) is 9.28. The number of nitrogens with zero attached hydrogens (tertiary/aromatic N) is 5. The summed E-state index contributed by atoms with van der Waals surface area (Å²) in [5.41, 5.74) is 5.73. The lowest BCUT2D eigenvalue weighted by Gasteiger charge is -2.33. The number of rotatable bonds is 7. The molecule has 4 N–H and O–H groups in total. The Kier molecular flexibility index (Phi) is 7.86. The highest BCUT2D eigenvalue weighted by molar-refractivity contribution is 5.70. The molecule has 1 saturated heterocycles. The van der Waals surface area contributed by atoms with Crippen LogP contribution in [-0.2, 0) is 11.2 Å². The topological polar surface area (TPSA) is 132 Å². The number of quaternary nitrogens is 1. The van der Waals surface area contributed by atoms with Crippen LogP contribution in [-0.4, -0.2) is 45.0 Å². The van der Waals surface area contributed by atoms with E-state index in [4.69, 9.17) is 4.74 Å². The molecule has 1 atom stereocenters. The zero-order valence-electron chi connectivity index (χ0n) is 21.5. The van der Waals surface area contributed by atoms with Crippen molar-refractivity contribution in [2.45, 2.75) is 39.7 Å². The largest absolute Gasteiger partial charge is 0.550 e. The van der Waals surface area contributed by atoms with E-state index < -0.39 is 18.5 Å². The third-order valence-corrected chi connectivity index (χ3v) is 6.80. The number of halogens is 2. The summed E-state index contributed by atoms with van der Waals surface area (Å²) in [4.78, 5) is 26.9. The molecule has 3 aromatic heterocycles. The van der Waals surface area contributed by atoms with Crippen LogP contribution >= 0.6 is 0 Å². The monoisotopic (exact) mass is 524 g/mol. The number of pyridine rings is 1. The van der Waals surface area contributed by atoms with Crippen molar-refractivity contribution < 1.29 is 23.4 Å². The smallest absolute Gasteiger partial charge is 0.387 e. The third-order valence-electron chi connectivity index (χ3n) is 6.80. The second kappa shape index (κ2) is 11.1. The number of aromatic nitrogens is 4. The highest BCUT2D eigenvalue weighted by Gasteiger charge is 2.23. The lowest BCUT2D eigenvalue weighted by atomic mass is 9.99. The SMILES string of the molecule is Cc1cc2nc(C)c(Cc3ccccc3OC(F)F)n2cc1-c1cnc(N2CCC[C@@H](C(=O)[O-])C2)nc1.[NH4+]. The number of imidazole rings is 1. The number of hydrogen-bond donors (Lipinski definition) is 1. The number of piperidine rings is 1. The van der Waals surface area contributed by atoms with Crippen LogP contribution in [0.5, 0.6) is 5.75 Å². The maximum absolute atomic E-state index is 12.9. The number of carboxylic acids is 1. The Labute approximate surface area is 218 Å². The minimum Gasteiger partial charge on any atom is -0.550 e. The fourth-order valence-electron chi connectivity index (χ4n) is 4.88. The van der Waals surface area contributed by atoms with Gasteiger partial charge in [0.1, 0.15) is 11.4 Å². The predicted molar refractivity (Wildman–Crippen MR) is 138 cm³/mol. The Balaban J connectivity index is 0.00000336. The van der Waals surface area contributed by atoms with Crippen molar-refractivity contribution in [1.29, 1.82) is 0 Å². The van der Waals surface area contributed by atoms with Gasteiger partial charge in [0.2, 0.25) is 5.95 Å². The first kappa shape index (κ1) is 26.9. The molecule has 1 fully saturated rings. The van der Waals surface area contributed by atoms with E-state index in [2.05, 4.69) is 15.0 Å². The van der Waals surface area contributed by atoms with Crippen LogP contribution in [0, 0.1) is 19.8 Å². The molecular weight excluding hydrogens is 494 g/mol. The van der Waals surface area contributed by atoms with E-state index in [-0.39, 0.29) is 11.9 Å². The first-order valence-corrected chi connectivity index (χ1v) is 12.1. The quantitative estimate of drug-likeness (QED) is 0.387. The number of carbonyl (C=O) groups is 1. The Bertz CT molecular complexity index is 1440. The molecule has 0 aliphatic carbocycles. The van der Waals surface area contributed by atoms with E-state index in [0.717, 1.165) is 40.1 Å². The summed E-state index contributed by atoms with van der Waals surface area (Å²) in [6.45, 7) is 2.00. The van der Waals surface area contributed by atoms with Crippen LogP contribution in [0.25, 0.3) is 16.8 Å². The van der Waals surface area contributed by atoms with Crippen molar-refractivity contribution in [1.82, 2.24) is 25.5 Å². The van der Waals surface area contributed by atoms with Gasteiger partial charge in [-0.2, -0.15) is 8.78 Å².